The summed E-state index contributed by atoms with van der Waals surface area (Å²) in [5.74, 6) is 1.91. The smallest absolute Gasteiger partial charge is 0.193 e. The molecule has 1 saturated heterocycles. The van der Waals surface area contributed by atoms with Crippen molar-refractivity contribution in [3.05, 3.63) is 15.6 Å². The topological polar surface area (TPSA) is 40.5 Å². The number of piperidine rings is 1. The molecule has 1 aromatic rings. The molecule has 4 nitrogen and oxygen atoms in total. The second kappa shape index (κ2) is 8.92. The number of nitrogens with one attached hydrogen (secondary N) is 1. The highest BCUT2D eigenvalue weighted by Gasteiger charge is 2.18. The maximum atomic E-state index is 4.48. The van der Waals surface area contributed by atoms with Gasteiger partial charge < -0.3 is 10.2 Å². The lowest BCUT2D eigenvalue weighted by Gasteiger charge is -2.32. The largest absolute Gasteiger partial charge is 0.356 e. The number of guanidine groups is 1. The summed E-state index contributed by atoms with van der Waals surface area (Å²) in [7, 11) is 1.88. The van der Waals surface area contributed by atoms with Gasteiger partial charge in [0, 0.05) is 38.0 Å². The van der Waals surface area contributed by atoms with Crippen molar-refractivity contribution in [2.75, 3.05) is 26.7 Å². The lowest BCUT2D eigenvalue weighted by Crippen LogP contribution is -2.45. The molecule has 0 saturated carbocycles. The standard InChI is InChI=1S/C15H26N4S.HI/c1-11-6-9-19(10-7-11)15(16-4)17-8-5-14-12(2)18-13(3)20-14;/h11H,5-10H2,1-4H3,(H,16,17);1H. The van der Waals surface area contributed by atoms with E-state index in [4.69, 9.17) is 0 Å². The molecule has 2 rings (SSSR count). The predicted molar refractivity (Wildman–Crippen MR) is 102 cm³/mol. The van der Waals surface area contributed by atoms with Gasteiger partial charge in [-0.15, -0.1) is 35.3 Å². The van der Waals surface area contributed by atoms with Gasteiger partial charge in [0.05, 0.1) is 10.7 Å². The van der Waals surface area contributed by atoms with Crippen LogP contribution in [0.25, 0.3) is 0 Å². The van der Waals surface area contributed by atoms with Crippen LogP contribution in [-0.4, -0.2) is 42.5 Å². The van der Waals surface area contributed by atoms with Crippen molar-refractivity contribution >= 4 is 41.3 Å². The minimum Gasteiger partial charge on any atom is -0.356 e. The maximum absolute atomic E-state index is 4.48. The van der Waals surface area contributed by atoms with Crippen LogP contribution in [0.1, 0.15) is 35.3 Å². The van der Waals surface area contributed by atoms with Crippen molar-refractivity contribution in [2.45, 2.75) is 40.0 Å². The van der Waals surface area contributed by atoms with Gasteiger partial charge in [0.15, 0.2) is 5.96 Å². The van der Waals surface area contributed by atoms with Crippen LogP contribution in [0, 0.1) is 19.8 Å². The molecule has 120 valence electrons. The zero-order valence-electron chi connectivity index (χ0n) is 13.5. The van der Waals surface area contributed by atoms with Gasteiger partial charge in [-0.3, -0.25) is 4.99 Å². The van der Waals surface area contributed by atoms with Crippen LogP contribution in [-0.2, 0) is 6.42 Å². The van der Waals surface area contributed by atoms with Crippen LogP contribution in [0.4, 0.5) is 0 Å². The van der Waals surface area contributed by atoms with E-state index in [1.165, 1.54) is 23.4 Å². The highest BCUT2D eigenvalue weighted by atomic mass is 127. The summed E-state index contributed by atoms with van der Waals surface area (Å²) >= 11 is 1.80. The van der Waals surface area contributed by atoms with Crippen molar-refractivity contribution < 1.29 is 0 Å². The SMILES string of the molecule is CN=C(NCCc1sc(C)nc1C)N1CCC(C)CC1.I. The van der Waals surface area contributed by atoms with Gasteiger partial charge in [-0.1, -0.05) is 6.92 Å². The summed E-state index contributed by atoms with van der Waals surface area (Å²) in [6, 6.07) is 0. The zero-order chi connectivity index (χ0) is 14.5. The van der Waals surface area contributed by atoms with Crippen LogP contribution in [0.5, 0.6) is 0 Å². The Kier molecular flexibility index (Phi) is 7.94. The van der Waals surface area contributed by atoms with Crippen molar-refractivity contribution in [3.8, 4) is 0 Å². The van der Waals surface area contributed by atoms with Crippen molar-refractivity contribution in [1.29, 1.82) is 0 Å². The third-order valence-electron chi connectivity index (χ3n) is 3.93. The molecule has 2 heterocycles. The summed E-state index contributed by atoms with van der Waals surface area (Å²) < 4.78 is 0. The van der Waals surface area contributed by atoms with Gasteiger partial charge in [0.2, 0.25) is 0 Å². The van der Waals surface area contributed by atoms with Crippen LogP contribution >= 0.6 is 35.3 Å². The molecule has 1 N–H and O–H groups in total. The highest BCUT2D eigenvalue weighted by Crippen LogP contribution is 2.18. The molecule has 1 aromatic heterocycles. The first kappa shape index (κ1) is 18.7. The van der Waals surface area contributed by atoms with Crippen LogP contribution in [0.3, 0.4) is 0 Å². The number of aryl methyl sites for hydroxylation is 2. The Morgan fingerprint density at radius 3 is 2.57 bits per heavy atom. The molecular formula is C15H27IN4S. The second-order valence-electron chi connectivity index (χ2n) is 5.64. The van der Waals surface area contributed by atoms with E-state index in [-0.39, 0.29) is 24.0 Å². The summed E-state index contributed by atoms with van der Waals surface area (Å²) in [4.78, 5) is 12.7. The second-order valence-corrected chi connectivity index (χ2v) is 6.92. The minimum atomic E-state index is 0. The van der Waals surface area contributed by atoms with Crippen LogP contribution in [0.15, 0.2) is 4.99 Å². The molecule has 1 aliphatic rings. The average molecular weight is 422 g/mol. The third-order valence-corrected chi connectivity index (χ3v) is 5.06. The van der Waals surface area contributed by atoms with Crippen molar-refractivity contribution in [1.82, 2.24) is 15.2 Å². The van der Waals surface area contributed by atoms with E-state index in [2.05, 4.69) is 41.0 Å². The highest BCUT2D eigenvalue weighted by molar-refractivity contribution is 14.0. The molecule has 0 unspecified atom stereocenters. The molecule has 21 heavy (non-hydrogen) atoms. The molecule has 1 fully saturated rings. The van der Waals surface area contributed by atoms with Crippen molar-refractivity contribution in [2.24, 2.45) is 10.9 Å². The van der Waals surface area contributed by atoms with E-state index >= 15 is 0 Å². The van der Waals surface area contributed by atoms with Crippen molar-refractivity contribution in [3.63, 3.8) is 0 Å². The van der Waals surface area contributed by atoms with E-state index in [0.717, 1.165) is 42.9 Å². The van der Waals surface area contributed by atoms with Gasteiger partial charge in [0.25, 0.3) is 0 Å². The maximum Gasteiger partial charge on any atom is 0.193 e. The monoisotopic (exact) mass is 422 g/mol. The van der Waals surface area contributed by atoms with Crippen LogP contribution < -0.4 is 5.32 Å². The molecule has 0 bridgehead atoms. The lowest BCUT2D eigenvalue weighted by molar-refractivity contribution is 0.273. The van der Waals surface area contributed by atoms with E-state index < -0.39 is 0 Å². The Balaban J connectivity index is 0.00000220. The fourth-order valence-corrected chi connectivity index (χ4v) is 3.58. The number of rotatable bonds is 3. The predicted octanol–water partition coefficient (Wildman–Crippen LogP) is 3.23. The van der Waals surface area contributed by atoms with Gasteiger partial charge in [-0.05, 0) is 32.6 Å². The Morgan fingerprint density at radius 2 is 2.05 bits per heavy atom. The fraction of sp³-hybridized carbons (Fsp3) is 0.733. The van der Waals surface area contributed by atoms with E-state index in [0.29, 0.717) is 0 Å². The van der Waals surface area contributed by atoms with E-state index in [1.54, 1.807) is 11.3 Å². The lowest BCUT2D eigenvalue weighted by atomic mass is 10.00. The fourth-order valence-electron chi connectivity index (χ4n) is 2.65. The van der Waals surface area contributed by atoms with Gasteiger partial charge in [0.1, 0.15) is 0 Å². The molecule has 0 amide bonds. The number of hydrogen-bond donors (Lipinski definition) is 1. The Hall–Kier alpha value is -0.370. The molecule has 1 aliphatic heterocycles. The number of hydrogen-bond acceptors (Lipinski definition) is 3. The molecular weight excluding hydrogens is 395 g/mol. The third kappa shape index (κ3) is 5.39. The summed E-state index contributed by atoms with van der Waals surface area (Å²) in [6.07, 6.45) is 3.57. The number of aromatic nitrogens is 1. The molecule has 0 aliphatic carbocycles. The first-order chi connectivity index (χ1) is 9.60. The zero-order valence-corrected chi connectivity index (χ0v) is 16.6. The van der Waals surface area contributed by atoms with Crippen LogP contribution in [0.2, 0.25) is 0 Å². The quantitative estimate of drug-likeness (QED) is 0.462. The Morgan fingerprint density at radius 1 is 1.38 bits per heavy atom. The number of halogens is 1. The molecule has 6 heteroatoms. The number of nitrogens with zero attached hydrogens (tertiary/aromatic N) is 3. The minimum absolute atomic E-state index is 0. The summed E-state index contributed by atoms with van der Waals surface area (Å²) in [6.45, 7) is 9.69. The van der Waals surface area contributed by atoms with E-state index in [1.807, 2.05) is 7.05 Å². The van der Waals surface area contributed by atoms with E-state index in [9.17, 15) is 0 Å². The first-order valence-electron chi connectivity index (χ1n) is 7.48. The number of thiazole rings is 1. The molecule has 0 atom stereocenters. The van der Waals surface area contributed by atoms with Gasteiger partial charge >= 0.3 is 0 Å². The molecule has 0 spiro atoms. The first-order valence-corrected chi connectivity index (χ1v) is 8.30. The Labute approximate surface area is 149 Å². The number of likely N-dealkylation sites (tertiary alicyclic amines) is 1. The molecule has 0 aromatic carbocycles. The average Bonchev–Trinajstić information content (AvgIpc) is 2.74. The van der Waals surface area contributed by atoms with Gasteiger partial charge in [-0.25, -0.2) is 4.98 Å². The molecule has 0 radical (unpaired) electrons. The van der Waals surface area contributed by atoms with Gasteiger partial charge in [-0.2, -0.15) is 0 Å². The number of aliphatic imine (C=N–C) groups is 1. The Bertz CT molecular complexity index is 464. The normalized spacial score (nSPS) is 16.8. The summed E-state index contributed by atoms with van der Waals surface area (Å²) in [5.41, 5.74) is 1.18. The summed E-state index contributed by atoms with van der Waals surface area (Å²) in [5, 5.41) is 4.65.